The van der Waals surface area contributed by atoms with E-state index in [1.54, 1.807) is 0 Å². The Kier molecular flexibility index (Phi) is 4.45. The normalized spacial score (nSPS) is 11.6. The molecule has 0 aromatic heterocycles. The molecule has 0 saturated carbocycles. The van der Waals surface area contributed by atoms with Crippen LogP contribution in [0.2, 0.25) is 0 Å². The minimum atomic E-state index is -1.11. The number of hydrogen-bond donors (Lipinski definition) is 3. The predicted octanol–water partition coefficient (Wildman–Crippen LogP) is 1.10. The highest BCUT2D eigenvalue weighted by Crippen LogP contribution is 2.01. The maximum Gasteiger partial charge on any atom is 0.325 e. The first-order chi connectivity index (χ1) is 7.99. The van der Waals surface area contributed by atoms with E-state index >= 15 is 0 Å². The minimum Gasteiger partial charge on any atom is -0.480 e. The van der Waals surface area contributed by atoms with Crippen LogP contribution in [0.4, 0.5) is 9.18 Å². The van der Waals surface area contributed by atoms with E-state index in [-0.39, 0.29) is 12.4 Å². The number of carboxylic acids is 1. The molecular weight excluding hydrogens is 227 g/mol. The Balaban J connectivity index is 2.38. The molecule has 1 aromatic rings. The first-order valence-corrected chi connectivity index (χ1v) is 5.00. The molecule has 0 heterocycles. The molecule has 17 heavy (non-hydrogen) atoms. The quantitative estimate of drug-likeness (QED) is 0.737. The summed E-state index contributed by atoms with van der Waals surface area (Å²) in [7, 11) is 0. The fraction of sp³-hybridized carbons (Fsp3) is 0.273. The summed E-state index contributed by atoms with van der Waals surface area (Å²) in [4.78, 5) is 21.7. The van der Waals surface area contributed by atoms with E-state index in [2.05, 4.69) is 10.6 Å². The number of nitrogens with one attached hydrogen (secondary N) is 2. The van der Waals surface area contributed by atoms with E-state index in [0.717, 1.165) is 5.56 Å². The zero-order chi connectivity index (χ0) is 12.8. The molecule has 0 bridgehead atoms. The van der Waals surface area contributed by atoms with Gasteiger partial charge in [-0.2, -0.15) is 0 Å². The monoisotopic (exact) mass is 240 g/mol. The molecular formula is C11H13FN2O3. The highest BCUT2D eigenvalue weighted by molar-refractivity contribution is 5.82. The van der Waals surface area contributed by atoms with Crippen LogP contribution in [-0.2, 0) is 11.3 Å². The molecule has 0 aliphatic heterocycles. The Hall–Kier alpha value is -2.11. The number of aliphatic carboxylic acids is 1. The number of benzene rings is 1. The van der Waals surface area contributed by atoms with Gasteiger partial charge in [0.2, 0.25) is 0 Å². The van der Waals surface area contributed by atoms with Gasteiger partial charge in [-0.25, -0.2) is 9.18 Å². The van der Waals surface area contributed by atoms with Gasteiger partial charge < -0.3 is 15.7 Å². The smallest absolute Gasteiger partial charge is 0.325 e. The third-order valence-electron chi connectivity index (χ3n) is 2.08. The summed E-state index contributed by atoms with van der Waals surface area (Å²) in [5.74, 6) is -1.46. The molecule has 3 N–H and O–H groups in total. The lowest BCUT2D eigenvalue weighted by molar-refractivity contribution is -0.138. The molecule has 92 valence electrons. The molecule has 1 atom stereocenters. The summed E-state index contributed by atoms with van der Waals surface area (Å²) in [6.45, 7) is 1.57. The fourth-order valence-corrected chi connectivity index (χ4v) is 1.09. The van der Waals surface area contributed by atoms with E-state index in [1.165, 1.54) is 31.2 Å². The Morgan fingerprint density at radius 1 is 1.35 bits per heavy atom. The Morgan fingerprint density at radius 2 is 1.94 bits per heavy atom. The molecule has 0 radical (unpaired) electrons. The van der Waals surface area contributed by atoms with E-state index in [4.69, 9.17) is 5.11 Å². The number of carbonyl (C=O) groups excluding carboxylic acids is 1. The van der Waals surface area contributed by atoms with Crippen molar-refractivity contribution in [2.24, 2.45) is 0 Å². The highest BCUT2D eigenvalue weighted by Gasteiger charge is 2.12. The first-order valence-electron chi connectivity index (χ1n) is 5.00. The van der Waals surface area contributed by atoms with E-state index in [9.17, 15) is 14.0 Å². The topological polar surface area (TPSA) is 78.4 Å². The van der Waals surface area contributed by atoms with Crippen molar-refractivity contribution < 1.29 is 19.1 Å². The number of carboxylic acid groups (broad SMARTS) is 1. The molecule has 5 nitrogen and oxygen atoms in total. The van der Waals surface area contributed by atoms with Crippen molar-refractivity contribution in [2.75, 3.05) is 0 Å². The Bertz CT molecular complexity index is 406. The van der Waals surface area contributed by atoms with Crippen molar-refractivity contribution in [3.63, 3.8) is 0 Å². The van der Waals surface area contributed by atoms with Crippen LogP contribution in [0.1, 0.15) is 12.5 Å². The van der Waals surface area contributed by atoms with Gasteiger partial charge in [-0.15, -0.1) is 0 Å². The van der Waals surface area contributed by atoms with E-state index in [1.807, 2.05) is 0 Å². The zero-order valence-electron chi connectivity index (χ0n) is 9.24. The molecule has 6 heteroatoms. The summed E-state index contributed by atoms with van der Waals surface area (Å²) in [5, 5.41) is 13.3. The van der Waals surface area contributed by atoms with Crippen molar-refractivity contribution in [3.05, 3.63) is 35.6 Å². The average Bonchev–Trinajstić information content (AvgIpc) is 2.28. The van der Waals surface area contributed by atoms with Crippen LogP contribution in [0.15, 0.2) is 24.3 Å². The summed E-state index contributed by atoms with van der Waals surface area (Å²) < 4.78 is 12.6. The summed E-state index contributed by atoms with van der Waals surface area (Å²) >= 11 is 0. The Labute approximate surface area is 97.6 Å². The first kappa shape index (κ1) is 13.0. The standard InChI is InChI=1S/C11H13FN2O3/c1-7(10(15)16)14-11(17)13-6-8-2-4-9(12)5-3-8/h2-5,7H,6H2,1H3,(H,15,16)(H2,13,14,17). The maximum absolute atomic E-state index is 12.6. The lowest BCUT2D eigenvalue weighted by Crippen LogP contribution is -2.44. The van der Waals surface area contributed by atoms with Gasteiger partial charge in [0.15, 0.2) is 0 Å². The number of carbonyl (C=O) groups is 2. The van der Waals surface area contributed by atoms with Crippen molar-refractivity contribution in [1.29, 1.82) is 0 Å². The lowest BCUT2D eigenvalue weighted by Gasteiger charge is -2.10. The Morgan fingerprint density at radius 3 is 2.47 bits per heavy atom. The van der Waals surface area contributed by atoms with Crippen molar-refractivity contribution >= 4 is 12.0 Å². The van der Waals surface area contributed by atoms with Gasteiger partial charge in [-0.3, -0.25) is 4.79 Å². The highest BCUT2D eigenvalue weighted by atomic mass is 19.1. The third-order valence-corrected chi connectivity index (χ3v) is 2.08. The summed E-state index contributed by atoms with van der Waals surface area (Å²) in [6, 6.07) is 4.11. The van der Waals surface area contributed by atoms with Crippen LogP contribution < -0.4 is 10.6 Å². The van der Waals surface area contributed by atoms with Gasteiger partial charge in [-0.05, 0) is 24.6 Å². The van der Waals surface area contributed by atoms with Crippen LogP contribution >= 0.6 is 0 Å². The minimum absolute atomic E-state index is 0.207. The summed E-state index contributed by atoms with van der Waals surface area (Å²) in [5.41, 5.74) is 0.726. The van der Waals surface area contributed by atoms with Gasteiger partial charge >= 0.3 is 12.0 Å². The molecule has 2 amide bonds. The molecule has 0 spiro atoms. The van der Waals surface area contributed by atoms with Crippen molar-refractivity contribution in [3.8, 4) is 0 Å². The van der Waals surface area contributed by atoms with Gasteiger partial charge in [-0.1, -0.05) is 12.1 Å². The van der Waals surface area contributed by atoms with Gasteiger partial charge in [0.05, 0.1) is 0 Å². The molecule has 0 aliphatic carbocycles. The molecule has 1 rings (SSSR count). The van der Waals surface area contributed by atoms with Gasteiger partial charge in [0.25, 0.3) is 0 Å². The molecule has 0 saturated heterocycles. The summed E-state index contributed by atoms with van der Waals surface area (Å²) in [6.07, 6.45) is 0. The van der Waals surface area contributed by atoms with Crippen LogP contribution in [0.3, 0.4) is 0 Å². The second-order valence-electron chi connectivity index (χ2n) is 3.51. The van der Waals surface area contributed by atoms with Crippen molar-refractivity contribution in [1.82, 2.24) is 10.6 Å². The largest absolute Gasteiger partial charge is 0.480 e. The van der Waals surface area contributed by atoms with Gasteiger partial charge in [0, 0.05) is 6.54 Å². The van der Waals surface area contributed by atoms with E-state index in [0.29, 0.717) is 0 Å². The van der Waals surface area contributed by atoms with E-state index < -0.39 is 18.0 Å². The molecule has 0 aliphatic rings. The molecule has 1 unspecified atom stereocenters. The lowest BCUT2D eigenvalue weighted by atomic mass is 10.2. The number of amides is 2. The SMILES string of the molecule is CC(NC(=O)NCc1ccc(F)cc1)C(=O)O. The predicted molar refractivity (Wildman–Crippen MR) is 58.9 cm³/mol. The number of rotatable bonds is 4. The number of halogens is 1. The van der Waals surface area contributed by atoms with Crippen LogP contribution in [0, 0.1) is 5.82 Å². The fourth-order valence-electron chi connectivity index (χ4n) is 1.09. The second kappa shape index (κ2) is 5.83. The molecule has 0 fully saturated rings. The van der Waals surface area contributed by atoms with Crippen LogP contribution in [-0.4, -0.2) is 23.1 Å². The number of hydrogen-bond acceptors (Lipinski definition) is 2. The number of urea groups is 1. The zero-order valence-corrected chi connectivity index (χ0v) is 9.24. The van der Waals surface area contributed by atoms with Crippen LogP contribution in [0.25, 0.3) is 0 Å². The maximum atomic E-state index is 12.6. The average molecular weight is 240 g/mol. The third kappa shape index (κ3) is 4.50. The second-order valence-corrected chi connectivity index (χ2v) is 3.51. The van der Waals surface area contributed by atoms with Crippen LogP contribution in [0.5, 0.6) is 0 Å². The molecule has 1 aromatic carbocycles. The van der Waals surface area contributed by atoms with Crippen molar-refractivity contribution in [2.45, 2.75) is 19.5 Å². The van der Waals surface area contributed by atoms with Gasteiger partial charge in [0.1, 0.15) is 11.9 Å².